The minimum absolute atomic E-state index is 0.0865. The van der Waals surface area contributed by atoms with E-state index in [-0.39, 0.29) is 6.54 Å². The zero-order valence-corrected chi connectivity index (χ0v) is 12.6. The van der Waals surface area contributed by atoms with Crippen LogP contribution in [0.2, 0.25) is 0 Å². The monoisotopic (exact) mass is 297 g/mol. The zero-order valence-electron chi connectivity index (χ0n) is 12.6. The molecular formula is C13H19N3O5. The Balaban J connectivity index is 2.30. The molecule has 1 aromatic rings. The molecule has 0 aliphatic carbocycles. The molecule has 0 aromatic carbocycles. The van der Waals surface area contributed by atoms with Crippen LogP contribution >= 0.6 is 0 Å². The standard InChI is InChI=1S/C13H19N3O5/c1-13(2,3)21-12(19)15-6-5-9-8(7-15)10(17)16(20-4)11(18)14-9/h5-7H2,1-4H3,(H,14,18). The summed E-state index contributed by atoms with van der Waals surface area (Å²) < 4.78 is 5.92. The van der Waals surface area contributed by atoms with Crippen LogP contribution in [-0.2, 0) is 17.7 Å². The average Bonchev–Trinajstić information content (AvgIpc) is 2.36. The summed E-state index contributed by atoms with van der Waals surface area (Å²) in [6, 6.07) is 0. The molecule has 0 bridgehead atoms. The van der Waals surface area contributed by atoms with E-state index < -0.39 is 22.9 Å². The molecule has 0 atom stereocenters. The molecular weight excluding hydrogens is 278 g/mol. The highest BCUT2D eigenvalue weighted by molar-refractivity contribution is 5.68. The second-order valence-electron chi connectivity index (χ2n) is 5.82. The van der Waals surface area contributed by atoms with E-state index in [0.717, 1.165) is 0 Å². The van der Waals surface area contributed by atoms with Crippen LogP contribution in [0.25, 0.3) is 0 Å². The molecule has 1 aliphatic rings. The first-order chi connectivity index (χ1) is 9.73. The Bertz CT molecular complexity index is 668. The van der Waals surface area contributed by atoms with Gasteiger partial charge in [-0.1, -0.05) is 4.73 Å². The highest BCUT2D eigenvalue weighted by Gasteiger charge is 2.28. The first-order valence-electron chi connectivity index (χ1n) is 6.62. The Morgan fingerprint density at radius 2 is 1.95 bits per heavy atom. The molecule has 0 fully saturated rings. The molecule has 0 saturated carbocycles. The summed E-state index contributed by atoms with van der Waals surface area (Å²) in [5.41, 5.74) is -0.891. The number of rotatable bonds is 1. The quantitative estimate of drug-likeness (QED) is 0.780. The number of aromatic nitrogens is 2. The number of fused-ring (bicyclic) bond motifs is 1. The van der Waals surface area contributed by atoms with Crippen LogP contribution in [0.1, 0.15) is 32.0 Å². The van der Waals surface area contributed by atoms with Crippen molar-refractivity contribution in [2.75, 3.05) is 13.7 Å². The number of carbonyl (C=O) groups is 1. The third kappa shape index (κ3) is 3.09. The lowest BCUT2D eigenvalue weighted by molar-refractivity contribution is 0.0218. The minimum atomic E-state index is -0.619. The van der Waals surface area contributed by atoms with Crippen molar-refractivity contribution in [3.8, 4) is 0 Å². The fourth-order valence-electron chi connectivity index (χ4n) is 2.14. The number of nitrogens with zero attached hydrogens (tertiary/aromatic N) is 2. The summed E-state index contributed by atoms with van der Waals surface area (Å²) in [5.74, 6) is 0. The number of aromatic amines is 1. The molecule has 8 heteroatoms. The molecule has 1 N–H and O–H groups in total. The van der Waals surface area contributed by atoms with Gasteiger partial charge in [-0.15, -0.1) is 0 Å². The van der Waals surface area contributed by atoms with Gasteiger partial charge in [0.2, 0.25) is 0 Å². The van der Waals surface area contributed by atoms with E-state index in [1.165, 1.54) is 12.0 Å². The second kappa shape index (κ2) is 5.27. The molecule has 1 aromatic heterocycles. The molecule has 0 unspecified atom stereocenters. The Kier molecular flexibility index (Phi) is 3.80. The minimum Gasteiger partial charge on any atom is -0.444 e. The van der Waals surface area contributed by atoms with Gasteiger partial charge in [-0.3, -0.25) is 4.79 Å². The lowest BCUT2D eigenvalue weighted by Crippen LogP contribution is -2.47. The van der Waals surface area contributed by atoms with Crippen molar-refractivity contribution in [3.05, 3.63) is 32.1 Å². The lowest BCUT2D eigenvalue weighted by Gasteiger charge is -2.30. The summed E-state index contributed by atoms with van der Waals surface area (Å²) in [4.78, 5) is 44.6. The number of carbonyl (C=O) groups excluding carboxylic acids is 1. The first-order valence-corrected chi connectivity index (χ1v) is 6.62. The summed E-state index contributed by atoms with van der Waals surface area (Å²) in [6.45, 7) is 5.80. The van der Waals surface area contributed by atoms with E-state index in [1.807, 2.05) is 0 Å². The van der Waals surface area contributed by atoms with Crippen molar-refractivity contribution in [2.24, 2.45) is 0 Å². The van der Waals surface area contributed by atoms with Crippen LogP contribution in [0.5, 0.6) is 0 Å². The van der Waals surface area contributed by atoms with E-state index in [0.29, 0.717) is 29.0 Å². The Morgan fingerprint density at radius 3 is 2.52 bits per heavy atom. The molecule has 2 heterocycles. The fraction of sp³-hybridized carbons (Fsp3) is 0.615. The average molecular weight is 297 g/mol. The maximum Gasteiger partial charge on any atom is 0.410 e. The second-order valence-corrected chi connectivity index (χ2v) is 5.82. The molecule has 21 heavy (non-hydrogen) atoms. The van der Waals surface area contributed by atoms with Crippen LogP contribution in [0.15, 0.2) is 9.59 Å². The van der Waals surface area contributed by atoms with Crippen LogP contribution in [0.4, 0.5) is 4.79 Å². The molecule has 2 rings (SSSR count). The van der Waals surface area contributed by atoms with Crippen LogP contribution in [-0.4, -0.2) is 40.0 Å². The Labute approximate surface area is 121 Å². The largest absolute Gasteiger partial charge is 0.444 e. The van der Waals surface area contributed by atoms with E-state index in [4.69, 9.17) is 9.57 Å². The van der Waals surface area contributed by atoms with Gasteiger partial charge in [0.1, 0.15) is 12.7 Å². The smallest absolute Gasteiger partial charge is 0.410 e. The highest BCUT2D eigenvalue weighted by Crippen LogP contribution is 2.16. The number of amides is 1. The third-order valence-electron chi connectivity index (χ3n) is 3.06. The third-order valence-corrected chi connectivity index (χ3v) is 3.06. The maximum atomic E-state index is 12.2. The number of ether oxygens (including phenoxy) is 1. The molecule has 1 aliphatic heterocycles. The maximum absolute atomic E-state index is 12.2. The van der Waals surface area contributed by atoms with Gasteiger partial charge >= 0.3 is 11.8 Å². The van der Waals surface area contributed by atoms with Crippen LogP contribution in [0.3, 0.4) is 0 Å². The number of H-pyrrole nitrogens is 1. The van der Waals surface area contributed by atoms with Crippen molar-refractivity contribution in [2.45, 2.75) is 39.3 Å². The topological polar surface area (TPSA) is 93.6 Å². The normalized spacial score (nSPS) is 14.6. The van der Waals surface area contributed by atoms with Gasteiger partial charge in [0.25, 0.3) is 5.56 Å². The Hall–Kier alpha value is -2.25. The van der Waals surface area contributed by atoms with Gasteiger partial charge in [-0.25, -0.2) is 9.59 Å². The molecule has 0 spiro atoms. The van der Waals surface area contributed by atoms with Crippen LogP contribution < -0.4 is 16.1 Å². The van der Waals surface area contributed by atoms with E-state index in [2.05, 4.69) is 4.98 Å². The van der Waals surface area contributed by atoms with Gasteiger partial charge in [0, 0.05) is 18.7 Å². The summed E-state index contributed by atoms with van der Waals surface area (Å²) in [6.07, 6.45) is -0.0911. The van der Waals surface area contributed by atoms with Crippen LogP contribution in [0, 0.1) is 0 Å². The summed E-state index contributed by atoms with van der Waals surface area (Å²) >= 11 is 0. The van der Waals surface area contributed by atoms with Crippen molar-refractivity contribution < 1.29 is 14.4 Å². The first kappa shape index (κ1) is 15.1. The van der Waals surface area contributed by atoms with Gasteiger partial charge in [0.15, 0.2) is 0 Å². The Morgan fingerprint density at radius 1 is 1.29 bits per heavy atom. The van der Waals surface area contributed by atoms with Gasteiger partial charge < -0.3 is 19.5 Å². The molecule has 0 radical (unpaired) electrons. The summed E-state index contributed by atoms with van der Waals surface area (Å²) in [5, 5.41) is 0. The molecule has 1 amide bonds. The van der Waals surface area contributed by atoms with E-state index >= 15 is 0 Å². The van der Waals surface area contributed by atoms with Gasteiger partial charge in [0.05, 0.1) is 12.1 Å². The molecule has 116 valence electrons. The summed E-state index contributed by atoms with van der Waals surface area (Å²) in [7, 11) is 1.23. The molecule has 8 nitrogen and oxygen atoms in total. The van der Waals surface area contributed by atoms with E-state index in [1.54, 1.807) is 20.8 Å². The lowest BCUT2D eigenvalue weighted by atomic mass is 10.1. The van der Waals surface area contributed by atoms with E-state index in [9.17, 15) is 14.4 Å². The van der Waals surface area contributed by atoms with Crippen molar-refractivity contribution >= 4 is 6.09 Å². The van der Waals surface area contributed by atoms with Gasteiger partial charge in [-0.05, 0) is 20.8 Å². The molecule has 0 saturated heterocycles. The predicted molar refractivity (Wildman–Crippen MR) is 74.2 cm³/mol. The van der Waals surface area contributed by atoms with Gasteiger partial charge in [-0.2, -0.15) is 0 Å². The highest BCUT2D eigenvalue weighted by atomic mass is 16.7. The van der Waals surface area contributed by atoms with Crippen molar-refractivity contribution in [1.82, 2.24) is 14.6 Å². The number of hydrogen-bond acceptors (Lipinski definition) is 5. The number of nitrogens with one attached hydrogen (secondary N) is 1. The predicted octanol–water partition coefficient (Wildman–Crippen LogP) is -0.112. The zero-order chi connectivity index (χ0) is 15.8. The number of hydrogen-bond donors (Lipinski definition) is 1. The SMILES string of the molecule is COn1c(=O)[nH]c2c(c1=O)CN(C(=O)OC(C)(C)C)CC2. The van der Waals surface area contributed by atoms with Crippen molar-refractivity contribution in [3.63, 3.8) is 0 Å². The van der Waals surface area contributed by atoms with Crippen molar-refractivity contribution in [1.29, 1.82) is 0 Å². The fourth-order valence-corrected chi connectivity index (χ4v) is 2.14.